The maximum Gasteiger partial charge on any atom is 0.432 e. The van der Waals surface area contributed by atoms with Crippen LogP contribution in [0.25, 0.3) is 0 Å². The van der Waals surface area contributed by atoms with Crippen molar-refractivity contribution in [3.63, 3.8) is 0 Å². The van der Waals surface area contributed by atoms with Crippen molar-refractivity contribution in [2.45, 2.75) is 19.8 Å². The summed E-state index contributed by atoms with van der Waals surface area (Å²) in [6.07, 6.45) is -0.576. The molecule has 1 saturated heterocycles. The third-order valence-electron chi connectivity index (χ3n) is 2.48. The van der Waals surface area contributed by atoms with Crippen molar-refractivity contribution >= 4 is 17.9 Å². The number of carbonyl (C=O) groups excluding carboxylic acids is 3. The third kappa shape index (κ3) is 4.03. The monoisotopic (exact) mass is 243 g/mol. The summed E-state index contributed by atoms with van der Waals surface area (Å²) in [4.78, 5) is 40.2. The highest BCUT2D eigenvalue weighted by atomic mass is 16.7. The van der Waals surface area contributed by atoms with E-state index < -0.39 is 17.9 Å². The lowest BCUT2D eigenvalue weighted by molar-refractivity contribution is -0.171. The first-order valence-electron chi connectivity index (χ1n) is 5.54. The Labute approximate surface area is 99.6 Å². The second kappa shape index (κ2) is 6.19. The van der Waals surface area contributed by atoms with E-state index in [9.17, 15) is 14.4 Å². The molecule has 0 spiro atoms. The van der Waals surface area contributed by atoms with Crippen LogP contribution in [0.2, 0.25) is 0 Å². The van der Waals surface area contributed by atoms with E-state index in [4.69, 9.17) is 0 Å². The number of amides is 3. The minimum absolute atomic E-state index is 0.102. The van der Waals surface area contributed by atoms with Crippen molar-refractivity contribution in [1.29, 1.82) is 0 Å². The lowest BCUT2D eigenvalue weighted by atomic mass is 10.4. The molecule has 1 aliphatic heterocycles. The van der Waals surface area contributed by atoms with E-state index in [-0.39, 0.29) is 12.8 Å². The molecule has 0 bridgehead atoms. The first-order valence-corrected chi connectivity index (χ1v) is 5.54. The second-order valence-electron chi connectivity index (χ2n) is 3.78. The fourth-order valence-corrected chi connectivity index (χ4v) is 1.28. The fourth-order valence-electron chi connectivity index (χ4n) is 1.28. The summed E-state index contributed by atoms with van der Waals surface area (Å²) in [5, 5.41) is 2.99. The van der Waals surface area contributed by atoms with Crippen LogP contribution in [0.3, 0.4) is 0 Å². The van der Waals surface area contributed by atoms with Crippen molar-refractivity contribution in [2.75, 3.05) is 26.7 Å². The Kier molecular flexibility index (Phi) is 4.89. The summed E-state index contributed by atoms with van der Waals surface area (Å²) in [6.45, 7) is 3.95. The van der Waals surface area contributed by atoms with Crippen LogP contribution in [0, 0.1) is 0 Å². The Hall–Kier alpha value is -1.63. The van der Waals surface area contributed by atoms with E-state index in [1.807, 2.05) is 18.9 Å². The highest BCUT2D eigenvalue weighted by molar-refractivity contribution is 6.01. The zero-order chi connectivity index (χ0) is 12.8. The first-order chi connectivity index (χ1) is 8.04. The summed E-state index contributed by atoms with van der Waals surface area (Å²) in [6, 6.07) is 0. The summed E-state index contributed by atoms with van der Waals surface area (Å²) >= 11 is 0. The highest BCUT2D eigenvalue weighted by Crippen LogP contribution is 2.11. The van der Waals surface area contributed by atoms with Crippen molar-refractivity contribution in [2.24, 2.45) is 0 Å². The second-order valence-corrected chi connectivity index (χ2v) is 3.78. The van der Waals surface area contributed by atoms with E-state index in [0.29, 0.717) is 18.2 Å². The Balaban J connectivity index is 2.25. The van der Waals surface area contributed by atoms with Crippen LogP contribution in [-0.4, -0.2) is 54.6 Å². The number of imide groups is 1. The van der Waals surface area contributed by atoms with Crippen molar-refractivity contribution < 1.29 is 19.2 Å². The number of hydroxylamine groups is 2. The molecule has 0 aromatic rings. The zero-order valence-electron chi connectivity index (χ0n) is 10.1. The molecule has 0 aromatic carbocycles. The maximum absolute atomic E-state index is 11.3. The lowest BCUT2D eigenvalue weighted by Crippen LogP contribution is -2.39. The quantitative estimate of drug-likeness (QED) is 0.672. The molecule has 0 aromatic heterocycles. The van der Waals surface area contributed by atoms with Crippen molar-refractivity contribution in [3.05, 3.63) is 0 Å². The molecule has 7 nitrogen and oxygen atoms in total. The predicted molar refractivity (Wildman–Crippen MR) is 58.7 cm³/mol. The normalized spacial score (nSPS) is 15.6. The van der Waals surface area contributed by atoms with Gasteiger partial charge in [-0.3, -0.25) is 9.59 Å². The summed E-state index contributed by atoms with van der Waals surface area (Å²) in [7, 11) is 1.92. The van der Waals surface area contributed by atoms with Gasteiger partial charge in [0.1, 0.15) is 0 Å². The number of hydrogen-bond donors (Lipinski definition) is 1. The minimum atomic E-state index is -0.780. The van der Waals surface area contributed by atoms with Gasteiger partial charge >= 0.3 is 6.09 Å². The Morgan fingerprint density at radius 2 is 2.00 bits per heavy atom. The fraction of sp³-hybridized carbons (Fsp3) is 0.700. The van der Waals surface area contributed by atoms with Crippen LogP contribution in [0.15, 0.2) is 0 Å². The molecule has 1 heterocycles. The van der Waals surface area contributed by atoms with Gasteiger partial charge in [0.15, 0.2) is 0 Å². The van der Waals surface area contributed by atoms with Gasteiger partial charge in [-0.25, -0.2) is 4.79 Å². The number of rotatable bonds is 5. The molecule has 1 aliphatic rings. The molecule has 7 heteroatoms. The Bertz CT molecular complexity index is 303. The van der Waals surface area contributed by atoms with Crippen molar-refractivity contribution in [1.82, 2.24) is 15.3 Å². The van der Waals surface area contributed by atoms with Gasteiger partial charge in [0.05, 0.1) is 0 Å². The third-order valence-corrected chi connectivity index (χ3v) is 2.48. The largest absolute Gasteiger partial charge is 0.432 e. The molecule has 0 aliphatic carbocycles. The first kappa shape index (κ1) is 13.4. The van der Waals surface area contributed by atoms with Crippen LogP contribution < -0.4 is 5.32 Å². The molecule has 1 N–H and O–H groups in total. The summed E-state index contributed by atoms with van der Waals surface area (Å²) in [5.74, 6) is -0.952. The molecule has 0 atom stereocenters. The predicted octanol–water partition coefficient (Wildman–Crippen LogP) is -0.272. The van der Waals surface area contributed by atoms with E-state index in [1.165, 1.54) is 0 Å². The maximum atomic E-state index is 11.3. The average molecular weight is 243 g/mol. The van der Waals surface area contributed by atoms with E-state index in [1.54, 1.807) is 0 Å². The Morgan fingerprint density at radius 1 is 1.41 bits per heavy atom. The number of likely N-dealkylation sites (N-methyl/N-ethyl adjacent to an activating group) is 1. The lowest BCUT2D eigenvalue weighted by Gasteiger charge is -2.15. The zero-order valence-corrected chi connectivity index (χ0v) is 10.1. The summed E-state index contributed by atoms with van der Waals surface area (Å²) in [5.41, 5.74) is 0. The van der Waals surface area contributed by atoms with E-state index in [0.717, 1.165) is 6.54 Å². The highest BCUT2D eigenvalue weighted by Gasteiger charge is 2.32. The number of hydrogen-bond acceptors (Lipinski definition) is 5. The van der Waals surface area contributed by atoms with Crippen LogP contribution in [-0.2, 0) is 14.4 Å². The van der Waals surface area contributed by atoms with Gasteiger partial charge in [-0.1, -0.05) is 6.92 Å². The number of carbonyl (C=O) groups is 3. The van der Waals surface area contributed by atoms with Gasteiger partial charge < -0.3 is 15.1 Å². The van der Waals surface area contributed by atoms with E-state index >= 15 is 0 Å². The van der Waals surface area contributed by atoms with Crippen molar-refractivity contribution in [3.8, 4) is 0 Å². The topological polar surface area (TPSA) is 79.0 Å². The average Bonchev–Trinajstić information content (AvgIpc) is 2.60. The van der Waals surface area contributed by atoms with E-state index in [2.05, 4.69) is 10.2 Å². The number of nitrogens with zero attached hydrogens (tertiary/aromatic N) is 2. The molecule has 17 heavy (non-hydrogen) atoms. The van der Waals surface area contributed by atoms with Crippen LogP contribution in [0.4, 0.5) is 4.79 Å². The van der Waals surface area contributed by atoms with Gasteiger partial charge in [-0.15, -0.1) is 5.06 Å². The summed E-state index contributed by atoms with van der Waals surface area (Å²) < 4.78 is 0. The van der Waals surface area contributed by atoms with Gasteiger partial charge in [0.25, 0.3) is 11.8 Å². The molecule has 3 amide bonds. The molecule has 0 unspecified atom stereocenters. The smallest absolute Gasteiger partial charge is 0.318 e. The Morgan fingerprint density at radius 3 is 2.53 bits per heavy atom. The number of nitrogens with one attached hydrogen (secondary N) is 1. The SMILES string of the molecule is CCN(C)CCNC(=O)ON1C(=O)CCC1=O. The van der Waals surface area contributed by atoms with Crippen LogP contribution in [0.5, 0.6) is 0 Å². The standard InChI is InChI=1S/C10H17N3O4/c1-3-12(2)7-6-11-10(16)17-13-8(14)4-5-9(13)15/h3-7H2,1-2H3,(H,11,16). The van der Waals surface area contributed by atoms with Gasteiger partial charge in [0, 0.05) is 25.9 Å². The molecular formula is C10H17N3O4. The molecule has 1 rings (SSSR count). The molecule has 96 valence electrons. The van der Waals surface area contributed by atoms with Gasteiger partial charge in [-0.05, 0) is 13.6 Å². The van der Waals surface area contributed by atoms with Gasteiger partial charge in [-0.2, -0.15) is 0 Å². The molecular weight excluding hydrogens is 226 g/mol. The van der Waals surface area contributed by atoms with Crippen LogP contribution >= 0.6 is 0 Å². The minimum Gasteiger partial charge on any atom is -0.318 e. The molecule has 0 radical (unpaired) electrons. The molecule has 1 fully saturated rings. The van der Waals surface area contributed by atoms with Crippen LogP contribution in [0.1, 0.15) is 19.8 Å². The van der Waals surface area contributed by atoms with Gasteiger partial charge in [0.2, 0.25) is 0 Å². The molecule has 0 saturated carbocycles.